The molecule has 0 fully saturated rings. The van der Waals surface area contributed by atoms with E-state index < -0.39 is 17.8 Å². The number of benzene rings is 1. The molecule has 0 spiro atoms. The Morgan fingerprint density at radius 3 is 2.53 bits per heavy atom. The first-order valence-electron chi connectivity index (χ1n) is 9.23. The van der Waals surface area contributed by atoms with E-state index in [2.05, 4.69) is 30.2 Å². The van der Waals surface area contributed by atoms with Crippen LogP contribution in [0, 0.1) is 0 Å². The van der Waals surface area contributed by atoms with Crippen molar-refractivity contribution >= 4 is 28.3 Å². The van der Waals surface area contributed by atoms with Gasteiger partial charge in [0, 0.05) is 23.5 Å². The van der Waals surface area contributed by atoms with Crippen LogP contribution in [-0.2, 0) is 6.18 Å². The van der Waals surface area contributed by atoms with Crippen LogP contribution in [0.5, 0.6) is 5.88 Å². The lowest BCUT2D eigenvalue weighted by atomic mass is 10.1. The Morgan fingerprint density at radius 2 is 1.88 bits per heavy atom. The molecule has 0 aliphatic heterocycles. The van der Waals surface area contributed by atoms with Crippen molar-refractivity contribution in [2.24, 2.45) is 0 Å². The minimum absolute atomic E-state index is 0.0707. The van der Waals surface area contributed by atoms with Crippen molar-refractivity contribution in [3.63, 3.8) is 0 Å². The summed E-state index contributed by atoms with van der Waals surface area (Å²) in [4.78, 5) is 14.0. The number of methoxy groups -OCH3 is 1. The number of ether oxygens (including phenoxy) is 1. The molecule has 9 nitrogen and oxygen atoms in total. The summed E-state index contributed by atoms with van der Waals surface area (Å²) < 4.78 is 47.1. The molecule has 4 aromatic rings. The Morgan fingerprint density at radius 1 is 1.09 bits per heavy atom. The highest BCUT2D eigenvalue weighted by Gasteiger charge is 2.35. The van der Waals surface area contributed by atoms with E-state index in [0.29, 0.717) is 17.5 Å². The van der Waals surface area contributed by atoms with Gasteiger partial charge >= 0.3 is 6.18 Å². The van der Waals surface area contributed by atoms with Gasteiger partial charge in [-0.15, -0.1) is 10.2 Å². The monoisotopic (exact) mass is 464 g/mol. The number of fused-ring (bicyclic) bond motifs is 1. The largest absolute Gasteiger partial charge is 0.480 e. The van der Waals surface area contributed by atoms with E-state index in [1.54, 1.807) is 31.0 Å². The van der Waals surface area contributed by atoms with Crippen molar-refractivity contribution in [1.82, 2.24) is 34.9 Å². The van der Waals surface area contributed by atoms with Gasteiger partial charge in [0.15, 0.2) is 11.6 Å². The maximum absolute atomic E-state index is 13.5. The second kappa shape index (κ2) is 8.19. The predicted octanol–water partition coefficient (Wildman–Crippen LogP) is 3.88. The van der Waals surface area contributed by atoms with Crippen LogP contribution in [0.25, 0.3) is 16.7 Å². The highest BCUT2D eigenvalue weighted by Crippen LogP contribution is 2.39. The van der Waals surface area contributed by atoms with Crippen molar-refractivity contribution in [3.05, 3.63) is 53.3 Å². The molecule has 1 aromatic carbocycles. The first-order valence-corrected chi connectivity index (χ1v) is 9.60. The number of hydrogen-bond donors (Lipinski definition) is 0. The van der Waals surface area contributed by atoms with E-state index in [1.165, 1.54) is 24.2 Å². The number of halogens is 4. The molecule has 0 aliphatic carbocycles. The van der Waals surface area contributed by atoms with Crippen molar-refractivity contribution in [1.29, 1.82) is 0 Å². The van der Waals surface area contributed by atoms with E-state index >= 15 is 0 Å². The lowest BCUT2D eigenvalue weighted by Gasteiger charge is -2.26. The number of rotatable bonds is 5. The summed E-state index contributed by atoms with van der Waals surface area (Å²) in [5, 5.41) is 12.3. The van der Waals surface area contributed by atoms with Gasteiger partial charge < -0.3 is 9.64 Å². The number of anilines is 1. The fourth-order valence-corrected chi connectivity index (χ4v) is 3.44. The summed E-state index contributed by atoms with van der Waals surface area (Å²) in [5.41, 5.74) is -1.17. The minimum atomic E-state index is -4.62. The zero-order valence-corrected chi connectivity index (χ0v) is 17.8. The van der Waals surface area contributed by atoms with Crippen LogP contribution in [0.15, 0.2) is 36.9 Å². The van der Waals surface area contributed by atoms with Crippen LogP contribution < -0.4 is 9.64 Å². The number of alkyl halides is 3. The van der Waals surface area contributed by atoms with Crippen molar-refractivity contribution in [3.8, 4) is 11.7 Å². The van der Waals surface area contributed by atoms with E-state index in [0.717, 1.165) is 12.4 Å². The van der Waals surface area contributed by atoms with Crippen molar-refractivity contribution in [2.75, 3.05) is 19.1 Å². The zero-order chi connectivity index (χ0) is 23.0. The molecule has 3 heterocycles. The third-order valence-electron chi connectivity index (χ3n) is 4.90. The number of aromatic nitrogens is 7. The van der Waals surface area contributed by atoms with Crippen molar-refractivity contribution in [2.45, 2.75) is 19.1 Å². The number of hydrogen-bond acceptors (Lipinski definition) is 8. The second-order valence-corrected chi connectivity index (χ2v) is 7.23. The topological polar surface area (TPSA) is 94.7 Å². The Balaban J connectivity index is 1.77. The Labute approximate surface area is 184 Å². The second-order valence-electron chi connectivity index (χ2n) is 6.80. The fraction of sp³-hybridized carbons (Fsp3) is 0.263. The van der Waals surface area contributed by atoms with E-state index in [9.17, 15) is 13.2 Å². The molecule has 0 saturated carbocycles. The van der Waals surface area contributed by atoms with Gasteiger partial charge in [-0.05, 0) is 25.1 Å². The molecule has 0 saturated heterocycles. The Kier molecular flexibility index (Phi) is 5.55. The highest BCUT2D eigenvalue weighted by atomic mass is 35.5. The van der Waals surface area contributed by atoms with Gasteiger partial charge in [-0.25, -0.2) is 15.0 Å². The average Bonchev–Trinajstić information content (AvgIpc) is 3.26. The average molecular weight is 465 g/mol. The molecule has 4 rings (SSSR count). The smallest absolute Gasteiger partial charge is 0.418 e. The first-order chi connectivity index (χ1) is 15.2. The third kappa shape index (κ3) is 3.88. The van der Waals surface area contributed by atoms with E-state index in [-0.39, 0.29) is 21.7 Å². The van der Waals surface area contributed by atoms with Gasteiger partial charge in [0.1, 0.15) is 18.5 Å². The Hall–Kier alpha value is -3.54. The SMILES string of the molecule is COc1ccc(-n2ncnc2[C@H](C)N(C)c2ncnc3c(C(F)(F)F)cc(Cl)cc23)nn1. The first kappa shape index (κ1) is 21.7. The minimum Gasteiger partial charge on any atom is -0.480 e. The predicted molar refractivity (Wildman–Crippen MR) is 110 cm³/mol. The van der Waals surface area contributed by atoms with Gasteiger partial charge in [0.05, 0.1) is 24.2 Å². The molecule has 0 amide bonds. The summed E-state index contributed by atoms with van der Waals surface area (Å²) in [7, 11) is 3.16. The van der Waals surface area contributed by atoms with Crippen LogP contribution in [0.4, 0.5) is 19.0 Å². The van der Waals surface area contributed by atoms with E-state index in [1.807, 2.05) is 0 Å². The van der Waals surface area contributed by atoms with Gasteiger partial charge in [0.2, 0.25) is 5.88 Å². The number of nitrogens with zero attached hydrogens (tertiary/aromatic N) is 8. The Bertz CT molecular complexity index is 1260. The molecule has 3 aromatic heterocycles. The maximum atomic E-state index is 13.5. The van der Waals surface area contributed by atoms with Gasteiger partial charge in [-0.2, -0.15) is 23.0 Å². The summed E-state index contributed by atoms with van der Waals surface area (Å²) in [6.07, 6.45) is -2.18. The summed E-state index contributed by atoms with van der Waals surface area (Å²) in [6.45, 7) is 1.81. The highest BCUT2D eigenvalue weighted by molar-refractivity contribution is 6.31. The molecule has 166 valence electrons. The molecular weight excluding hydrogens is 449 g/mol. The van der Waals surface area contributed by atoms with Gasteiger partial charge in [-0.3, -0.25) is 0 Å². The third-order valence-corrected chi connectivity index (χ3v) is 5.12. The van der Waals surface area contributed by atoms with Gasteiger partial charge in [-0.1, -0.05) is 11.6 Å². The van der Waals surface area contributed by atoms with Crippen LogP contribution in [-0.4, -0.2) is 49.1 Å². The van der Waals surface area contributed by atoms with E-state index in [4.69, 9.17) is 16.3 Å². The molecule has 1 atom stereocenters. The summed E-state index contributed by atoms with van der Waals surface area (Å²) in [6, 6.07) is 5.08. The van der Waals surface area contributed by atoms with Crippen LogP contribution >= 0.6 is 11.6 Å². The lowest BCUT2D eigenvalue weighted by Crippen LogP contribution is -2.26. The molecule has 0 radical (unpaired) electrons. The summed E-state index contributed by atoms with van der Waals surface area (Å²) >= 11 is 5.99. The molecule has 0 bridgehead atoms. The van der Waals surface area contributed by atoms with Crippen LogP contribution in [0.1, 0.15) is 24.4 Å². The molecular formula is C19H16ClF3N8O. The standard InChI is InChI=1S/C19H16ClF3N8O/c1-10(17-26-9-27-31(17)14-4-5-15(32-3)29-28-14)30(2)18-12-6-11(20)7-13(19(21,22)23)16(12)24-8-25-18/h4-10H,1-3H3/t10-/m0/s1. The molecule has 0 aliphatic rings. The van der Waals surface area contributed by atoms with Crippen molar-refractivity contribution < 1.29 is 17.9 Å². The molecule has 0 unspecified atom stereocenters. The van der Waals surface area contributed by atoms with Crippen LogP contribution in [0.2, 0.25) is 5.02 Å². The lowest BCUT2D eigenvalue weighted by molar-refractivity contribution is -0.136. The normalized spacial score (nSPS) is 12.7. The molecule has 0 N–H and O–H groups in total. The maximum Gasteiger partial charge on any atom is 0.418 e. The molecule has 13 heteroatoms. The zero-order valence-electron chi connectivity index (χ0n) is 17.0. The summed E-state index contributed by atoms with van der Waals surface area (Å²) in [5.74, 6) is 1.46. The van der Waals surface area contributed by atoms with Gasteiger partial charge in [0.25, 0.3) is 0 Å². The quantitative estimate of drug-likeness (QED) is 0.439. The fourth-order valence-electron chi connectivity index (χ4n) is 3.22. The molecule has 32 heavy (non-hydrogen) atoms. The van der Waals surface area contributed by atoms with Crippen LogP contribution in [0.3, 0.4) is 0 Å².